The van der Waals surface area contributed by atoms with Crippen LogP contribution in [0.5, 0.6) is 5.88 Å². The van der Waals surface area contributed by atoms with Gasteiger partial charge in [-0.05, 0) is 37.1 Å². The van der Waals surface area contributed by atoms with Crippen molar-refractivity contribution in [2.75, 3.05) is 11.1 Å². The summed E-state index contributed by atoms with van der Waals surface area (Å²) in [5.74, 6) is -0.828. The second-order valence-electron chi connectivity index (χ2n) is 7.50. The van der Waals surface area contributed by atoms with Crippen LogP contribution in [0.3, 0.4) is 0 Å². The first kappa shape index (κ1) is 24.1. The van der Waals surface area contributed by atoms with E-state index in [1.165, 1.54) is 14.1 Å². The molecule has 0 saturated heterocycles. The van der Waals surface area contributed by atoms with Gasteiger partial charge in [0.2, 0.25) is 11.8 Å². The van der Waals surface area contributed by atoms with E-state index in [2.05, 4.69) is 10.3 Å². The number of carbonyl (C=O) groups excluding carboxylic acids is 1. The fourth-order valence-electron chi connectivity index (χ4n) is 3.19. The minimum atomic E-state index is -0.689. The van der Waals surface area contributed by atoms with Crippen LogP contribution in [0, 0.1) is 6.92 Å². The summed E-state index contributed by atoms with van der Waals surface area (Å²) >= 11 is 1.02. The van der Waals surface area contributed by atoms with Crippen LogP contribution in [-0.4, -0.2) is 30.9 Å². The normalized spacial score (nSPS) is 11.5. The molecule has 1 aromatic heterocycles. The van der Waals surface area contributed by atoms with Crippen molar-refractivity contribution in [2.45, 2.75) is 20.3 Å². The van der Waals surface area contributed by atoms with Gasteiger partial charge in [0.15, 0.2) is 0 Å². The standard InChI is InChI=1S/C24H26N4O4S/c1-5-16-8-6-7-9-18(16)26-19(29)14-33-21(25-17-12-10-15(2)11-13-17)20-22(30)27(3)24(32)28(4)23(20)31/h6-13,30H,5,14H2,1-4H3,(H,26,29). The van der Waals surface area contributed by atoms with Gasteiger partial charge >= 0.3 is 5.69 Å². The quantitative estimate of drug-likeness (QED) is 0.429. The summed E-state index contributed by atoms with van der Waals surface area (Å²) in [4.78, 5) is 42.2. The molecule has 0 unspecified atom stereocenters. The molecule has 0 bridgehead atoms. The SMILES string of the molecule is CCc1ccccc1NC(=O)CSC(=Nc1ccc(C)cc1)c1c(O)n(C)c(=O)n(C)c1=O. The van der Waals surface area contributed by atoms with E-state index < -0.39 is 17.1 Å². The van der Waals surface area contributed by atoms with Gasteiger partial charge in [-0.2, -0.15) is 0 Å². The Morgan fingerprint density at radius 1 is 1.06 bits per heavy atom. The van der Waals surface area contributed by atoms with Crippen LogP contribution in [0.15, 0.2) is 63.1 Å². The molecule has 0 radical (unpaired) electrons. The molecule has 2 N–H and O–H groups in total. The fraction of sp³-hybridized carbons (Fsp3) is 0.250. The third kappa shape index (κ3) is 5.43. The second-order valence-corrected chi connectivity index (χ2v) is 8.47. The van der Waals surface area contributed by atoms with Crippen LogP contribution >= 0.6 is 11.8 Å². The van der Waals surface area contributed by atoms with Crippen molar-refractivity contribution < 1.29 is 9.90 Å². The molecular weight excluding hydrogens is 440 g/mol. The molecule has 33 heavy (non-hydrogen) atoms. The Morgan fingerprint density at radius 2 is 1.73 bits per heavy atom. The van der Waals surface area contributed by atoms with Gasteiger partial charge in [-0.3, -0.25) is 18.7 Å². The summed E-state index contributed by atoms with van der Waals surface area (Å²) < 4.78 is 1.87. The molecule has 0 fully saturated rings. The summed E-state index contributed by atoms with van der Waals surface area (Å²) in [7, 11) is 2.69. The highest BCUT2D eigenvalue weighted by Crippen LogP contribution is 2.24. The van der Waals surface area contributed by atoms with Gasteiger partial charge in [0.25, 0.3) is 5.56 Å². The molecule has 1 heterocycles. The summed E-state index contributed by atoms with van der Waals surface area (Å²) in [5.41, 5.74) is 1.85. The first-order chi connectivity index (χ1) is 15.7. The summed E-state index contributed by atoms with van der Waals surface area (Å²) in [6.45, 7) is 3.94. The largest absolute Gasteiger partial charge is 0.494 e. The molecule has 0 atom stereocenters. The zero-order valence-corrected chi connectivity index (χ0v) is 19.8. The number of anilines is 1. The number of nitrogens with zero attached hydrogens (tertiary/aromatic N) is 3. The number of aryl methyl sites for hydroxylation is 2. The highest BCUT2D eigenvalue weighted by atomic mass is 32.2. The van der Waals surface area contributed by atoms with Crippen LogP contribution in [0.25, 0.3) is 0 Å². The number of aromatic nitrogens is 2. The van der Waals surface area contributed by atoms with E-state index in [4.69, 9.17) is 0 Å². The highest BCUT2D eigenvalue weighted by Gasteiger charge is 2.22. The monoisotopic (exact) mass is 466 g/mol. The maximum Gasteiger partial charge on any atom is 0.333 e. The Kier molecular flexibility index (Phi) is 7.55. The Morgan fingerprint density at radius 3 is 2.39 bits per heavy atom. The smallest absolute Gasteiger partial charge is 0.333 e. The summed E-state index contributed by atoms with van der Waals surface area (Å²) in [5, 5.41) is 13.6. The molecule has 3 aromatic rings. The number of hydrogen-bond donors (Lipinski definition) is 2. The van der Waals surface area contributed by atoms with Gasteiger partial charge in [-0.1, -0.05) is 54.6 Å². The number of rotatable bonds is 6. The predicted molar refractivity (Wildman–Crippen MR) is 133 cm³/mol. The van der Waals surface area contributed by atoms with Crippen LogP contribution in [0.4, 0.5) is 11.4 Å². The van der Waals surface area contributed by atoms with Crippen molar-refractivity contribution >= 4 is 34.1 Å². The van der Waals surface area contributed by atoms with Crippen molar-refractivity contribution in [2.24, 2.45) is 19.1 Å². The minimum Gasteiger partial charge on any atom is -0.494 e. The average Bonchev–Trinajstić information content (AvgIpc) is 2.81. The van der Waals surface area contributed by atoms with Gasteiger partial charge < -0.3 is 10.4 Å². The maximum absolute atomic E-state index is 12.9. The number of benzene rings is 2. The summed E-state index contributed by atoms with van der Waals surface area (Å²) in [6.07, 6.45) is 0.770. The Hall–Kier alpha value is -3.59. The van der Waals surface area contributed by atoms with Crippen molar-refractivity contribution in [3.05, 3.63) is 86.1 Å². The number of para-hydroxylation sites is 1. The first-order valence-corrected chi connectivity index (χ1v) is 11.4. The van der Waals surface area contributed by atoms with Gasteiger partial charge in [-0.15, -0.1) is 0 Å². The lowest BCUT2D eigenvalue weighted by molar-refractivity contribution is -0.113. The van der Waals surface area contributed by atoms with Crippen LogP contribution < -0.4 is 16.6 Å². The van der Waals surface area contributed by atoms with Gasteiger partial charge in [0, 0.05) is 19.8 Å². The molecule has 2 aromatic carbocycles. The first-order valence-electron chi connectivity index (χ1n) is 10.4. The highest BCUT2D eigenvalue weighted by molar-refractivity contribution is 8.15. The van der Waals surface area contributed by atoms with Crippen molar-refractivity contribution in [1.82, 2.24) is 9.13 Å². The lowest BCUT2D eigenvalue weighted by Gasteiger charge is -2.13. The molecule has 8 nitrogen and oxygen atoms in total. The van der Waals surface area contributed by atoms with E-state index in [1.54, 1.807) is 12.1 Å². The zero-order valence-electron chi connectivity index (χ0n) is 19.0. The lowest BCUT2D eigenvalue weighted by atomic mass is 10.1. The van der Waals surface area contributed by atoms with Crippen LogP contribution in [0.1, 0.15) is 23.6 Å². The maximum atomic E-state index is 12.9. The molecule has 0 aliphatic rings. The number of aromatic hydroxyl groups is 1. The molecule has 3 rings (SSSR count). The third-order valence-corrected chi connectivity index (χ3v) is 6.10. The van der Waals surface area contributed by atoms with E-state index in [1.807, 2.05) is 50.2 Å². The number of nitrogens with one attached hydrogen (secondary N) is 1. The molecule has 0 spiro atoms. The van der Waals surface area contributed by atoms with Gasteiger partial charge in [0.05, 0.1) is 11.4 Å². The number of amides is 1. The minimum absolute atomic E-state index is 0.0474. The van der Waals surface area contributed by atoms with Crippen LogP contribution in [0.2, 0.25) is 0 Å². The van der Waals surface area contributed by atoms with Gasteiger partial charge in [0.1, 0.15) is 10.6 Å². The molecule has 0 aliphatic carbocycles. The molecule has 9 heteroatoms. The van der Waals surface area contributed by atoms with Crippen molar-refractivity contribution in [1.29, 1.82) is 0 Å². The molecule has 0 aliphatic heterocycles. The van der Waals surface area contributed by atoms with E-state index in [9.17, 15) is 19.5 Å². The molecular formula is C24H26N4O4S. The number of hydrogen-bond acceptors (Lipinski definition) is 6. The molecule has 172 valence electrons. The Bertz CT molecular complexity index is 1320. The van der Waals surface area contributed by atoms with E-state index in [-0.39, 0.29) is 22.3 Å². The van der Waals surface area contributed by atoms with Crippen molar-refractivity contribution in [3.63, 3.8) is 0 Å². The average molecular weight is 467 g/mol. The van der Waals surface area contributed by atoms with E-state index >= 15 is 0 Å². The van der Waals surface area contributed by atoms with E-state index in [0.29, 0.717) is 5.69 Å². The summed E-state index contributed by atoms with van der Waals surface area (Å²) in [6, 6.07) is 14.8. The van der Waals surface area contributed by atoms with Crippen molar-refractivity contribution in [3.8, 4) is 5.88 Å². The fourth-order valence-corrected chi connectivity index (χ4v) is 4.02. The molecule has 0 saturated carbocycles. The topological polar surface area (TPSA) is 106 Å². The number of thioether (sulfide) groups is 1. The third-order valence-electron chi connectivity index (χ3n) is 5.12. The second kappa shape index (κ2) is 10.4. The Balaban J connectivity index is 1.98. The number of carbonyl (C=O) groups is 1. The number of aliphatic imine (C=N–C) groups is 1. The lowest BCUT2D eigenvalue weighted by Crippen LogP contribution is -2.39. The van der Waals surface area contributed by atoms with E-state index in [0.717, 1.165) is 44.1 Å². The van der Waals surface area contributed by atoms with Gasteiger partial charge in [-0.25, -0.2) is 9.79 Å². The van der Waals surface area contributed by atoms with Crippen LogP contribution in [-0.2, 0) is 25.3 Å². The Labute approximate surface area is 195 Å². The zero-order chi connectivity index (χ0) is 24.1. The predicted octanol–water partition coefficient (Wildman–Crippen LogP) is 3.11. The molecule has 1 amide bonds.